The number of sulfonamides is 1. The number of anilines is 2. The van der Waals surface area contributed by atoms with E-state index < -0.39 is 15.8 Å². The molecule has 19 heavy (non-hydrogen) atoms. The number of nitrogens with zero attached hydrogens (tertiary/aromatic N) is 2. The van der Waals surface area contributed by atoms with Crippen LogP contribution in [0, 0.1) is 5.82 Å². The molecular weight excluding hydrogens is 273 g/mol. The van der Waals surface area contributed by atoms with Gasteiger partial charge in [0.2, 0.25) is 5.03 Å². The third kappa shape index (κ3) is 2.77. The van der Waals surface area contributed by atoms with Crippen LogP contribution in [0.4, 0.5) is 15.8 Å². The highest BCUT2D eigenvalue weighted by molar-refractivity contribution is 7.92. The number of nitrogen functional groups attached to an aromatic ring is 1. The Hall–Kier alpha value is -2.26. The molecule has 100 valence electrons. The van der Waals surface area contributed by atoms with Crippen molar-refractivity contribution in [3.05, 3.63) is 42.6 Å². The maximum absolute atomic E-state index is 13.4. The van der Waals surface area contributed by atoms with Gasteiger partial charge in [-0.25, -0.2) is 9.37 Å². The van der Waals surface area contributed by atoms with E-state index in [1.807, 2.05) is 0 Å². The van der Waals surface area contributed by atoms with E-state index in [-0.39, 0.29) is 16.4 Å². The summed E-state index contributed by atoms with van der Waals surface area (Å²) < 4.78 is 39.6. The van der Waals surface area contributed by atoms with E-state index in [2.05, 4.69) is 20.1 Å². The van der Waals surface area contributed by atoms with Crippen molar-refractivity contribution in [2.24, 2.45) is 5.84 Å². The van der Waals surface area contributed by atoms with E-state index in [0.717, 1.165) is 6.20 Å². The molecule has 0 aliphatic carbocycles. The molecule has 0 unspecified atom stereocenters. The Bertz CT molecular complexity index is 692. The number of nitrogens with one attached hydrogen (secondary N) is 2. The number of hydrazine groups is 1. The third-order valence-corrected chi connectivity index (χ3v) is 3.52. The van der Waals surface area contributed by atoms with Gasteiger partial charge in [0, 0.05) is 12.4 Å². The van der Waals surface area contributed by atoms with Crippen molar-refractivity contribution in [2.75, 3.05) is 10.1 Å². The van der Waals surface area contributed by atoms with Crippen LogP contribution >= 0.6 is 0 Å². The molecule has 0 saturated heterocycles. The molecule has 0 bridgehead atoms. The topological polar surface area (TPSA) is 110 Å². The van der Waals surface area contributed by atoms with Crippen LogP contribution in [0.2, 0.25) is 0 Å². The lowest BCUT2D eigenvalue weighted by molar-refractivity contribution is 0.595. The first-order valence-corrected chi connectivity index (χ1v) is 6.57. The number of rotatable bonds is 4. The van der Waals surface area contributed by atoms with E-state index in [4.69, 9.17) is 5.84 Å². The summed E-state index contributed by atoms with van der Waals surface area (Å²) in [4.78, 5) is 7.24. The van der Waals surface area contributed by atoms with Crippen molar-refractivity contribution < 1.29 is 12.8 Å². The zero-order chi connectivity index (χ0) is 13.9. The summed E-state index contributed by atoms with van der Waals surface area (Å²) in [6.07, 6.45) is 3.46. The smallest absolute Gasteiger partial charge is 0.281 e. The SMILES string of the molecule is NNc1cccnc1S(=O)(=O)Nc1ccncc1F. The van der Waals surface area contributed by atoms with Crippen LogP contribution in [0.25, 0.3) is 0 Å². The zero-order valence-corrected chi connectivity index (χ0v) is 10.4. The Morgan fingerprint density at radius 3 is 2.68 bits per heavy atom. The van der Waals surface area contributed by atoms with E-state index in [9.17, 15) is 12.8 Å². The number of aromatic nitrogens is 2. The minimum absolute atomic E-state index is 0.101. The second-order valence-electron chi connectivity index (χ2n) is 3.46. The molecule has 4 N–H and O–H groups in total. The summed E-state index contributed by atoms with van der Waals surface area (Å²) in [5.41, 5.74) is 2.10. The van der Waals surface area contributed by atoms with E-state index >= 15 is 0 Å². The first kappa shape index (κ1) is 13.2. The lowest BCUT2D eigenvalue weighted by Gasteiger charge is -2.10. The standard InChI is InChI=1S/C10H10FN5O2S/c11-7-6-13-5-3-8(7)16-19(17,18)10-9(15-12)2-1-4-14-10/h1-6,15H,12H2,(H,13,16). The monoisotopic (exact) mass is 283 g/mol. The van der Waals surface area contributed by atoms with Crippen molar-refractivity contribution in [3.63, 3.8) is 0 Å². The molecule has 0 fully saturated rings. The first-order chi connectivity index (χ1) is 9.04. The van der Waals surface area contributed by atoms with Crippen LogP contribution in [-0.4, -0.2) is 18.4 Å². The first-order valence-electron chi connectivity index (χ1n) is 5.08. The molecule has 0 amide bonds. The molecule has 9 heteroatoms. The molecule has 2 rings (SSSR count). The Morgan fingerprint density at radius 2 is 2.00 bits per heavy atom. The van der Waals surface area contributed by atoms with Crippen LogP contribution in [0.1, 0.15) is 0 Å². The van der Waals surface area contributed by atoms with Crippen molar-refractivity contribution in [1.29, 1.82) is 0 Å². The molecule has 0 spiro atoms. The van der Waals surface area contributed by atoms with Gasteiger partial charge in [0.25, 0.3) is 10.0 Å². The fourth-order valence-corrected chi connectivity index (χ4v) is 2.53. The normalized spacial score (nSPS) is 11.1. The highest BCUT2D eigenvalue weighted by Gasteiger charge is 2.21. The average Bonchev–Trinajstić information content (AvgIpc) is 2.41. The van der Waals surface area contributed by atoms with Crippen LogP contribution in [0.5, 0.6) is 0 Å². The van der Waals surface area contributed by atoms with E-state index in [0.29, 0.717) is 0 Å². The van der Waals surface area contributed by atoms with Gasteiger partial charge < -0.3 is 5.43 Å². The summed E-state index contributed by atoms with van der Waals surface area (Å²) in [5, 5.41) is -0.325. The lowest BCUT2D eigenvalue weighted by atomic mass is 10.4. The zero-order valence-electron chi connectivity index (χ0n) is 9.54. The summed E-state index contributed by atoms with van der Waals surface area (Å²) in [6, 6.07) is 4.15. The molecular formula is C10H10FN5O2S. The van der Waals surface area contributed by atoms with E-state index in [1.54, 1.807) is 0 Å². The Labute approximate surface area is 108 Å². The van der Waals surface area contributed by atoms with Gasteiger partial charge in [-0.15, -0.1) is 0 Å². The molecule has 0 aliphatic rings. The van der Waals surface area contributed by atoms with E-state index in [1.165, 1.54) is 30.6 Å². The van der Waals surface area contributed by atoms with Gasteiger partial charge in [-0.1, -0.05) is 0 Å². The average molecular weight is 283 g/mol. The van der Waals surface area contributed by atoms with Crippen molar-refractivity contribution in [3.8, 4) is 0 Å². The Balaban J connectivity index is 2.41. The fraction of sp³-hybridized carbons (Fsp3) is 0. The van der Waals surface area contributed by atoms with Crippen molar-refractivity contribution >= 4 is 21.4 Å². The number of hydrogen-bond donors (Lipinski definition) is 3. The number of hydrogen-bond acceptors (Lipinski definition) is 6. The van der Waals surface area contributed by atoms with Gasteiger partial charge in [-0.2, -0.15) is 8.42 Å². The highest BCUT2D eigenvalue weighted by Crippen LogP contribution is 2.21. The summed E-state index contributed by atoms with van der Waals surface area (Å²) in [5.74, 6) is 4.42. The highest BCUT2D eigenvalue weighted by atomic mass is 32.2. The van der Waals surface area contributed by atoms with Crippen LogP contribution < -0.4 is 16.0 Å². The molecule has 0 radical (unpaired) electrons. The minimum Gasteiger partial charge on any atom is -0.321 e. The predicted octanol–water partition coefficient (Wildman–Crippen LogP) is 0.702. The maximum atomic E-state index is 13.4. The van der Waals surface area contributed by atoms with Gasteiger partial charge in [-0.3, -0.25) is 15.5 Å². The quantitative estimate of drug-likeness (QED) is 0.563. The second kappa shape index (κ2) is 5.16. The number of halogens is 1. The third-order valence-electron chi connectivity index (χ3n) is 2.20. The largest absolute Gasteiger partial charge is 0.321 e. The Morgan fingerprint density at radius 1 is 1.21 bits per heavy atom. The van der Waals surface area contributed by atoms with Gasteiger partial charge >= 0.3 is 0 Å². The summed E-state index contributed by atoms with van der Waals surface area (Å²) in [6.45, 7) is 0. The van der Waals surface area contributed by atoms with Crippen LogP contribution in [0.3, 0.4) is 0 Å². The molecule has 7 nitrogen and oxygen atoms in total. The number of pyridine rings is 2. The molecule has 0 atom stereocenters. The summed E-state index contributed by atoms with van der Waals surface area (Å²) >= 11 is 0. The van der Waals surface area contributed by atoms with Crippen LogP contribution in [-0.2, 0) is 10.0 Å². The Kier molecular flexibility index (Phi) is 3.58. The van der Waals surface area contributed by atoms with Crippen molar-refractivity contribution in [1.82, 2.24) is 9.97 Å². The molecule has 0 aliphatic heterocycles. The number of nitrogens with two attached hydrogens (primary N) is 1. The maximum Gasteiger partial charge on any atom is 0.281 e. The second-order valence-corrected chi connectivity index (χ2v) is 5.06. The molecule has 2 aromatic heterocycles. The van der Waals surface area contributed by atoms with Gasteiger partial charge in [0.1, 0.15) is 0 Å². The lowest BCUT2D eigenvalue weighted by Crippen LogP contribution is -2.19. The molecule has 2 aromatic rings. The van der Waals surface area contributed by atoms with Gasteiger partial charge in [-0.05, 0) is 18.2 Å². The van der Waals surface area contributed by atoms with Gasteiger partial charge in [0.05, 0.1) is 17.6 Å². The van der Waals surface area contributed by atoms with Gasteiger partial charge in [0.15, 0.2) is 5.82 Å². The van der Waals surface area contributed by atoms with Crippen molar-refractivity contribution in [2.45, 2.75) is 5.03 Å². The predicted molar refractivity (Wildman–Crippen MR) is 67.1 cm³/mol. The minimum atomic E-state index is -4.05. The van der Waals surface area contributed by atoms with Crippen LogP contribution in [0.15, 0.2) is 41.8 Å². The molecule has 2 heterocycles. The molecule has 0 aromatic carbocycles. The molecule has 0 saturated carbocycles. The fourth-order valence-electron chi connectivity index (χ4n) is 1.37. The summed E-state index contributed by atoms with van der Waals surface area (Å²) in [7, 11) is -4.05.